The van der Waals surface area contributed by atoms with Crippen molar-refractivity contribution < 1.29 is 9.53 Å². The third-order valence-electron chi connectivity index (χ3n) is 4.32. The van der Waals surface area contributed by atoms with E-state index >= 15 is 0 Å². The first-order valence-electron chi connectivity index (χ1n) is 8.27. The molecule has 0 bridgehead atoms. The second-order valence-electron chi connectivity index (χ2n) is 6.02. The second kappa shape index (κ2) is 8.63. The van der Waals surface area contributed by atoms with Crippen LogP contribution in [0.4, 0.5) is 0 Å². The fraction of sp³-hybridized carbons (Fsp3) is 0.938. The first kappa shape index (κ1) is 17.4. The van der Waals surface area contributed by atoms with E-state index in [9.17, 15) is 4.79 Å². The van der Waals surface area contributed by atoms with Gasteiger partial charge in [-0.25, -0.2) is 0 Å². The molecule has 20 heavy (non-hydrogen) atoms. The largest absolute Gasteiger partial charge is 0.465 e. The molecule has 0 spiro atoms. The van der Waals surface area contributed by atoms with Crippen molar-refractivity contribution in [1.29, 1.82) is 0 Å². The molecule has 2 N–H and O–H groups in total. The maximum atomic E-state index is 12.0. The predicted octanol–water partition coefficient (Wildman–Crippen LogP) is 2.70. The summed E-state index contributed by atoms with van der Waals surface area (Å²) in [6.07, 6.45) is 7.38. The van der Waals surface area contributed by atoms with Crippen molar-refractivity contribution in [2.45, 2.75) is 77.3 Å². The van der Waals surface area contributed by atoms with Gasteiger partial charge in [0.1, 0.15) is 5.54 Å². The van der Waals surface area contributed by atoms with Gasteiger partial charge in [-0.3, -0.25) is 4.79 Å². The summed E-state index contributed by atoms with van der Waals surface area (Å²) in [4.78, 5) is 14.5. The molecule has 4 nitrogen and oxygen atoms in total. The molecule has 118 valence electrons. The first-order valence-corrected chi connectivity index (χ1v) is 8.27. The van der Waals surface area contributed by atoms with Crippen molar-refractivity contribution in [2.24, 2.45) is 5.73 Å². The number of nitrogens with two attached hydrogens (primary N) is 1. The Labute approximate surface area is 124 Å². The number of nitrogens with zero attached hydrogens (tertiary/aromatic N) is 1. The average Bonchev–Trinajstić information content (AvgIpc) is 2.83. The number of carbonyl (C=O) groups excluding carboxylic acids is 1. The summed E-state index contributed by atoms with van der Waals surface area (Å²) in [5.74, 6) is -0.214. The first-order chi connectivity index (χ1) is 9.57. The Bertz CT molecular complexity index is 288. The molecule has 0 aromatic heterocycles. The van der Waals surface area contributed by atoms with Crippen molar-refractivity contribution in [3.8, 4) is 0 Å². The minimum Gasteiger partial charge on any atom is -0.465 e. The van der Waals surface area contributed by atoms with Gasteiger partial charge in [0, 0.05) is 6.04 Å². The average molecular weight is 284 g/mol. The number of unbranched alkanes of at least 4 members (excludes halogenated alkanes) is 2. The van der Waals surface area contributed by atoms with E-state index in [2.05, 4.69) is 18.7 Å². The summed E-state index contributed by atoms with van der Waals surface area (Å²) < 4.78 is 5.14. The summed E-state index contributed by atoms with van der Waals surface area (Å²) in [5, 5.41) is 0. The molecule has 1 saturated carbocycles. The molecule has 1 rings (SSSR count). The van der Waals surface area contributed by atoms with Gasteiger partial charge in [-0.15, -0.1) is 0 Å². The van der Waals surface area contributed by atoms with E-state index in [0.717, 1.165) is 32.4 Å². The molecule has 0 radical (unpaired) electrons. The smallest absolute Gasteiger partial charge is 0.326 e. The molecule has 2 unspecified atom stereocenters. The van der Waals surface area contributed by atoms with Gasteiger partial charge >= 0.3 is 5.97 Å². The molecular weight excluding hydrogens is 252 g/mol. The monoisotopic (exact) mass is 284 g/mol. The molecule has 0 heterocycles. The zero-order valence-electron chi connectivity index (χ0n) is 13.5. The van der Waals surface area contributed by atoms with Crippen LogP contribution in [0.1, 0.15) is 65.7 Å². The number of hydrogen-bond donors (Lipinski definition) is 1. The molecule has 0 aromatic rings. The number of ether oxygens (including phenoxy) is 1. The Morgan fingerprint density at radius 2 is 1.85 bits per heavy atom. The van der Waals surface area contributed by atoms with E-state index in [1.165, 1.54) is 25.7 Å². The normalized spacial score (nSPS) is 26.1. The summed E-state index contributed by atoms with van der Waals surface area (Å²) >= 11 is 0. The molecule has 0 aliphatic heterocycles. The van der Waals surface area contributed by atoms with Gasteiger partial charge in [0.25, 0.3) is 0 Å². The van der Waals surface area contributed by atoms with Crippen molar-refractivity contribution in [1.82, 2.24) is 4.90 Å². The van der Waals surface area contributed by atoms with Crippen LogP contribution in [0.15, 0.2) is 0 Å². The van der Waals surface area contributed by atoms with Gasteiger partial charge in [0.05, 0.1) is 6.61 Å². The minimum absolute atomic E-state index is 0.214. The van der Waals surface area contributed by atoms with E-state index in [4.69, 9.17) is 10.5 Å². The highest BCUT2D eigenvalue weighted by atomic mass is 16.5. The molecule has 0 saturated heterocycles. The summed E-state index contributed by atoms with van der Waals surface area (Å²) in [7, 11) is 0. The van der Waals surface area contributed by atoms with Crippen molar-refractivity contribution >= 4 is 5.97 Å². The van der Waals surface area contributed by atoms with Gasteiger partial charge in [0.2, 0.25) is 0 Å². The van der Waals surface area contributed by atoms with Gasteiger partial charge in [0.15, 0.2) is 0 Å². The van der Waals surface area contributed by atoms with Crippen molar-refractivity contribution in [3.63, 3.8) is 0 Å². The van der Waals surface area contributed by atoms with Crippen LogP contribution in [0.2, 0.25) is 0 Å². The number of esters is 1. The number of carbonyl (C=O) groups is 1. The highest BCUT2D eigenvalue weighted by Crippen LogP contribution is 2.32. The molecule has 1 fully saturated rings. The lowest BCUT2D eigenvalue weighted by Crippen LogP contribution is -2.48. The molecule has 2 atom stereocenters. The third kappa shape index (κ3) is 4.74. The molecule has 1 aliphatic rings. The number of hydrogen-bond acceptors (Lipinski definition) is 4. The minimum atomic E-state index is -0.753. The predicted molar refractivity (Wildman–Crippen MR) is 82.6 cm³/mol. The van der Waals surface area contributed by atoms with Gasteiger partial charge in [-0.05, 0) is 52.1 Å². The standard InChI is InChI=1S/C16H32N2O2/c1-4-7-11-18(12-8-5-2)14-9-10-16(17,13-14)15(19)20-6-3/h14H,4-13,17H2,1-3H3. The van der Waals surface area contributed by atoms with E-state index in [1.54, 1.807) is 0 Å². The van der Waals surface area contributed by atoms with E-state index < -0.39 is 5.54 Å². The Morgan fingerprint density at radius 3 is 2.35 bits per heavy atom. The van der Waals surface area contributed by atoms with Gasteiger partial charge in [-0.2, -0.15) is 0 Å². The zero-order valence-corrected chi connectivity index (χ0v) is 13.5. The van der Waals surface area contributed by atoms with Crippen molar-refractivity contribution in [2.75, 3.05) is 19.7 Å². The van der Waals surface area contributed by atoms with Crippen LogP contribution in [0, 0.1) is 0 Å². The van der Waals surface area contributed by atoms with Crippen LogP contribution < -0.4 is 5.73 Å². The van der Waals surface area contributed by atoms with E-state index in [1.807, 2.05) is 6.92 Å². The lowest BCUT2D eigenvalue weighted by Gasteiger charge is -2.30. The molecule has 1 aliphatic carbocycles. The van der Waals surface area contributed by atoms with E-state index in [0.29, 0.717) is 12.6 Å². The lowest BCUT2D eigenvalue weighted by atomic mass is 9.99. The van der Waals surface area contributed by atoms with Crippen LogP contribution in [0.3, 0.4) is 0 Å². The molecule has 0 aromatic carbocycles. The highest BCUT2D eigenvalue weighted by Gasteiger charge is 2.44. The maximum Gasteiger partial charge on any atom is 0.326 e. The second-order valence-corrected chi connectivity index (χ2v) is 6.02. The van der Waals surface area contributed by atoms with Gasteiger partial charge < -0.3 is 15.4 Å². The van der Waals surface area contributed by atoms with Crippen LogP contribution in [0.5, 0.6) is 0 Å². The van der Waals surface area contributed by atoms with Crippen molar-refractivity contribution in [3.05, 3.63) is 0 Å². The third-order valence-corrected chi connectivity index (χ3v) is 4.32. The zero-order chi connectivity index (χ0) is 15.0. The summed E-state index contributed by atoms with van der Waals surface area (Å²) in [6.45, 7) is 8.94. The lowest BCUT2D eigenvalue weighted by molar-refractivity contribution is -0.149. The maximum absolute atomic E-state index is 12.0. The fourth-order valence-corrected chi connectivity index (χ4v) is 3.02. The molecular formula is C16H32N2O2. The Balaban J connectivity index is 2.58. The highest BCUT2D eigenvalue weighted by molar-refractivity contribution is 5.81. The van der Waals surface area contributed by atoms with Gasteiger partial charge in [-0.1, -0.05) is 26.7 Å². The summed E-state index contributed by atoms with van der Waals surface area (Å²) in [5.41, 5.74) is 5.52. The number of rotatable bonds is 9. The van der Waals surface area contributed by atoms with Crippen LogP contribution in [-0.2, 0) is 9.53 Å². The SMILES string of the molecule is CCCCN(CCCC)C1CCC(N)(C(=O)OCC)C1. The Hall–Kier alpha value is -0.610. The Kier molecular flexibility index (Phi) is 7.52. The quantitative estimate of drug-likeness (QED) is 0.661. The van der Waals surface area contributed by atoms with Crippen LogP contribution >= 0.6 is 0 Å². The van der Waals surface area contributed by atoms with Crippen LogP contribution in [0.25, 0.3) is 0 Å². The van der Waals surface area contributed by atoms with E-state index in [-0.39, 0.29) is 5.97 Å². The van der Waals surface area contributed by atoms with Crippen LogP contribution in [-0.4, -0.2) is 42.1 Å². The fourth-order valence-electron chi connectivity index (χ4n) is 3.02. The molecule has 0 amide bonds. The Morgan fingerprint density at radius 1 is 1.25 bits per heavy atom. The summed E-state index contributed by atoms with van der Waals surface area (Å²) in [6, 6.07) is 0.447. The topological polar surface area (TPSA) is 55.6 Å². The molecule has 4 heteroatoms.